The number of rotatable bonds is 4. The Morgan fingerprint density at radius 2 is 1.83 bits per heavy atom. The Morgan fingerprint density at radius 3 is 2.57 bits per heavy atom. The Labute approximate surface area is 181 Å². The molecule has 3 aromatic rings. The molecule has 0 spiro atoms. The van der Waals surface area contributed by atoms with Crippen molar-refractivity contribution in [2.24, 2.45) is 5.92 Å². The van der Waals surface area contributed by atoms with E-state index in [0.29, 0.717) is 11.1 Å². The van der Waals surface area contributed by atoms with Gasteiger partial charge in [0.15, 0.2) is 0 Å². The van der Waals surface area contributed by atoms with Crippen molar-refractivity contribution in [1.29, 1.82) is 0 Å². The van der Waals surface area contributed by atoms with Crippen molar-refractivity contribution in [1.82, 2.24) is 4.98 Å². The number of carbonyl (C=O) groups is 1. The summed E-state index contributed by atoms with van der Waals surface area (Å²) in [5.74, 6) is 1.74. The zero-order valence-electron chi connectivity index (χ0n) is 16.7. The molecular weight excluding hydrogens is 394 g/mol. The van der Waals surface area contributed by atoms with Gasteiger partial charge in [0.05, 0.1) is 5.52 Å². The summed E-state index contributed by atoms with van der Waals surface area (Å²) in [6.07, 6.45) is 8.61. The molecule has 1 aromatic heterocycles. The van der Waals surface area contributed by atoms with Gasteiger partial charge in [0, 0.05) is 34.8 Å². The zero-order chi connectivity index (χ0) is 20.5. The number of carbonyl (C=O) groups excluding carboxylic acids is 1. The molecule has 2 saturated heterocycles. The number of anilines is 2. The van der Waals surface area contributed by atoms with Crippen molar-refractivity contribution < 1.29 is 4.79 Å². The first kappa shape index (κ1) is 19.1. The lowest BCUT2D eigenvalue weighted by Crippen LogP contribution is -2.48. The van der Waals surface area contributed by atoms with Crippen LogP contribution in [0.2, 0.25) is 5.02 Å². The summed E-state index contributed by atoms with van der Waals surface area (Å²) in [6.45, 7) is 1.14. The maximum Gasteiger partial charge on any atom is 0.248 e. The van der Waals surface area contributed by atoms with Crippen LogP contribution in [0.25, 0.3) is 17.0 Å². The highest BCUT2D eigenvalue weighted by Gasteiger charge is 2.34. The summed E-state index contributed by atoms with van der Waals surface area (Å²) in [5.41, 5.74) is 2.65. The predicted molar refractivity (Wildman–Crippen MR) is 124 cm³/mol. The van der Waals surface area contributed by atoms with E-state index in [0.717, 1.165) is 40.4 Å². The lowest BCUT2D eigenvalue weighted by Gasteiger charge is -2.46. The first-order valence-corrected chi connectivity index (χ1v) is 10.9. The first-order valence-electron chi connectivity index (χ1n) is 10.6. The number of amides is 1. The number of hydrogen-bond donors (Lipinski definition) is 1. The highest BCUT2D eigenvalue weighted by Crippen LogP contribution is 2.37. The molecule has 1 N–H and O–H groups in total. The van der Waals surface area contributed by atoms with Crippen molar-refractivity contribution in [3.8, 4) is 0 Å². The topological polar surface area (TPSA) is 45.2 Å². The Morgan fingerprint density at radius 1 is 1.03 bits per heavy atom. The molecule has 3 fully saturated rings. The van der Waals surface area contributed by atoms with Gasteiger partial charge in [0.25, 0.3) is 0 Å². The van der Waals surface area contributed by atoms with Gasteiger partial charge < -0.3 is 10.2 Å². The average Bonchev–Trinajstić information content (AvgIpc) is 2.79. The molecule has 1 amide bonds. The maximum atomic E-state index is 12.3. The molecule has 1 saturated carbocycles. The molecule has 1 aliphatic carbocycles. The molecule has 2 aliphatic heterocycles. The van der Waals surface area contributed by atoms with Crippen LogP contribution in [-0.2, 0) is 4.79 Å². The van der Waals surface area contributed by atoms with Gasteiger partial charge in [-0.3, -0.25) is 4.79 Å². The molecule has 0 radical (unpaired) electrons. The number of piperidine rings is 2. The van der Waals surface area contributed by atoms with Gasteiger partial charge >= 0.3 is 0 Å². The first-order chi connectivity index (χ1) is 14.6. The minimum Gasteiger partial charge on any atom is -0.353 e. The van der Waals surface area contributed by atoms with Crippen molar-refractivity contribution in [3.05, 3.63) is 71.3 Å². The SMILES string of the molecule is O=C(C=Cc1ccc(Cl)cc1)Nc1ccc2nc(N3CC4CCC3CC4)ccc2c1. The highest BCUT2D eigenvalue weighted by atomic mass is 35.5. The van der Waals surface area contributed by atoms with Crippen LogP contribution in [0.4, 0.5) is 11.5 Å². The Hall–Kier alpha value is -2.85. The van der Waals surface area contributed by atoms with Crippen LogP contribution in [-0.4, -0.2) is 23.5 Å². The second kappa shape index (κ2) is 8.11. The molecule has 0 atom stereocenters. The Kier molecular flexibility index (Phi) is 5.17. The van der Waals surface area contributed by atoms with E-state index in [-0.39, 0.29) is 5.91 Å². The van der Waals surface area contributed by atoms with Crippen molar-refractivity contribution in [2.45, 2.75) is 31.7 Å². The number of hydrogen-bond acceptors (Lipinski definition) is 3. The number of fused-ring (bicyclic) bond motifs is 4. The third-order valence-corrected chi connectivity index (χ3v) is 6.50. The summed E-state index contributed by atoms with van der Waals surface area (Å²) in [6, 6.07) is 18.1. The fraction of sp³-hybridized carbons (Fsp3) is 0.280. The number of nitrogens with one attached hydrogen (secondary N) is 1. The smallest absolute Gasteiger partial charge is 0.248 e. The molecule has 152 valence electrons. The van der Waals surface area contributed by atoms with Gasteiger partial charge in [0.1, 0.15) is 5.82 Å². The minimum absolute atomic E-state index is 0.168. The Bertz CT molecular complexity index is 1100. The standard InChI is InChI=1S/C25H24ClN3O/c26-20-7-1-17(2-8-20)5-14-25(30)27-21-9-12-23-19(15-21)6-13-24(28-23)29-16-18-3-10-22(29)11-4-18/h1-2,5-9,12-15,18,22H,3-4,10-11,16H2,(H,27,30). The van der Waals surface area contributed by atoms with E-state index in [9.17, 15) is 4.79 Å². The molecule has 6 rings (SSSR count). The molecule has 2 bridgehead atoms. The van der Waals surface area contributed by atoms with Gasteiger partial charge in [-0.15, -0.1) is 0 Å². The van der Waals surface area contributed by atoms with Crippen molar-refractivity contribution >= 4 is 46.0 Å². The number of benzene rings is 2. The highest BCUT2D eigenvalue weighted by molar-refractivity contribution is 6.30. The number of aromatic nitrogens is 1. The fourth-order valence-electron chi connectivity index (χ4n) is 4.63. The van der Waals surface area contributed by atoms with Crippen LogP contribution in [0.1, 0.15) is 31.2 Å². The number of pyridine rings is 1. The third-order valence-electron chi connectivity index (χ3n) is 6.25. The van der Waals surface area contributed by atoms with Gasteiger partial charge in [-0.2, -0.15) is 0 Å². The largest absolute Gasteiger partial charge is 0.353 e. The molecule has 4 nitrogen and oxygen atoms in total. The minimum atomic E-state index is -0.168. The second-order valence-corrected chi connectivity index (χ2v) is 8.71. The van der Waals surface area contributed by atoms with Crippen LogP contribution < -0.4 is 10.2 Å². The summed E-state index contributed by atoms with van der Waals surface area (Å²) in [5, 5.41) is 4.63. The van der Waals surface area contributed by atoms with Crippen molar-refractivity contribution in [3.63, 3.8) is 0 Å². The molecule has 5 heteroatoms. The Balaban J connectivity index is 1.29. The van der Waals surface area contributed by atoms with E-state index < -0.39 is 0 Å². The summed E-state index contributed by atoms with van der Waals surface area (Å²) in [4.78, 5) is 19.7. The van der Waals surface area contributed by atoms with E-state index >= 15 is 0 Å². The van der Waals surface area contributed by atoms with Crippen LogP contribution in [0.3, 0.4) is 0 Å². The van der Waals surface area contributed by atoms with Crippen LogP contribution >= 0.6 is 11.6 Å². The average molecular weight is 418 g/mol. The van der Waals surface area contributed by atoms with Gasteiger partial charge in [-0.25, -0.2) is 4.98 Å². The van der Waals surface area contributed by atoms with E-state index in [4.69, 9.17) is 16.6 Å². The molecule has 3 aliphatic rings. The van der Waals surface area contributed by atoms with Crippen LogP contribution in [0, 0.1) is 5.92 Å². The predicted octanol–water partition coefficient (Wildman–Crippen LogP) is 5.92. The summed E-state index contributed by atoms with van der Waals surface area (Å²) in [7, 11) is 0. The lowest BCUT2D eigenvalue weighted by atomic mass is 9.80. The van der Waals surface area contributed by atoms with E-state index in [1.165, 1.54) is 31.8 Å². The summed E-state index contributed by atoms with van der Waals surface area (Å²) >= 11 is 5.89. The normalized spacial score (nSPS) is 20.8. The third kappa shape index (κ3) is 4.05. The second-order valence-electron chi connectivity index (χ2n) is 8.28. The van der Waals surface area contributed by atoms with Crippen LogP contribution in [0.5, 0.6) is 0 Å². The fourth-order valence-corrected chi connectivity index (χ4v) is 4.76. The van der Waals surface area contributed by atoms with E-state index in [1.54, 1.807) is 18.2 Å². The van der Waals surface area contributed by atoms with Gasteiger partial charge in [0.2, 0.25) is 5.91 Å². The number of halogens is 1. The van der Waals surface area contributed by atoms with E-state index in [1.807, 2.05) is 30.3 Å². The van der Waals surface area contributed by atoms with E-state index in [2.05, 4.69) is 22.3 Å². The summed E-state index contributed by atoms with van der Waals surface area (Å²) < 4.78 is 0. The van der Waals surface area contributed by atoms with Gasteiger partial charge in [-0.1, -0.05) is 23.7 Å². The number of nitrogens with zero attached hydrogens (tertiary/aromatic N) is 2. The molecule has 2 aromatic carbocycles. The molecule has 0 unspecified atom stereocenters. The quantitative estimate of drug-likeness (QED) is 0.536. The molecule has 3 heterocycles. The maximum absolute atomic E-state index is 12.3. The van der Waals surface area contributed by atoms with Gasteiger partial charge in [-0.05, 0) is 85.7 Å². The zero-order valence-corrected chi connectivity index (χ0v) is 17.5. The monoisotopic (exact) mass is 417 g/mol. The lowest BCUT2D eigenvalue weighted by molar-refractivity contribution is -0.111. The van der Waals surface area contributed by atoms with Crippen LogP contribution in [0.15, 0.2) is 60.7 Å². The molecule has 30 heavy (non-hydrogen) atoms. The van der Waals surface area contributed by atoms with Crippen molar-refractivity contribution in [2.75, 3.05) is 16.8 Å². The molecular formula is C25H24ClN3O.